The zero-order valence-corrected chi connectivity index (χ0v) is 12.0. The van der Waals surface area contributed by atoms with Gasteiger partial charge in [0.25, 0.3) is 0 Å². The van der Waals surface area contributed by atoms with Crippen LogP contribution in [0, 0.1) is 23.7 Å². The molecular formula is C16H29N. The molecule has 17 heavy (non-hydrogen) atoms. The Morgan fingerprint density at radius 2 is 1.12 bits per heavy atom. The fourth-order valence-electron chi connectivity index (χ4n) is 5.67. The van der Waals surface area contributed by atoms with Gasteiger partial charge in [0.05, 0.1) is 0 Å². The van der Waals surface area contributed by atoms with E-state index >= 15 is 0 Å². The molecule has 4 aliphatic rings. The van der Waals surface area contributed by atoms with Gasteiger partial charge in [-0.1, -0.05) is 0 Å². The lowest BCUT2D eigenvalue weighted by molar-refractivity contribution is -0.0849. The van der Waals surface area contributed by atoms with E-state index in [1.54, 1.807) is 32.1 Å². The van der Waals surface area contributed by atoms with Crippen molar-refractivity contribution in [2.24, 2.45) is 23.7 Å². The average Bonchev–Trinajstić information content (AvgIpc) is 2.20. The number of rotatable bonds is 3. The smallest absolute Gasteiger partial charge is 0.0158 e. The molecule has 4 fully saturated rings. The van der Waals surface area contributed by atoms with Crippen LogP contribution in [-0.2, 0) is 0 Å². The predicted octanol–water partition coefficient (Wildman–Crippen LogP) is 3.93. The van der Waals surface area contributed by atoms with Gasteiger partial charge in [-0.15, -0.1) is 0 Å². The van der Waals surface area contributed by atoms with Crippen LogP contribution in [0.2, 0.25) is 0 Å². The van der Waals surface area contributed by atoms with Gasteiger partial charge in [0.1, 0.15) is 0 Å². The molecule has 4 bridgehead atoms. The van der Waals surface area contributed by atoms with Crippen LogP contribution in [0.5, 0.6) is 0 Å². The minimum Gasteiger partial charge on any atom is -0.295 e. The molecule has 0 aliphatic heterocycles. The molecule has 0 radical (unpaired) electrons. The normalized spacial score (nSPS) is 44.3. The van der Waals surface area contributed by atoms with Crippen molar-refractivity contribution in [3.8, 4) is 0 Å². The van der Waals surface area contributed by atoms with E-state index in [-0.39, 0.29) is 0 Å². The molecule has 0 atom stereocenters. The molecule has 0 spiro atoms. The first-order valence-corrected chi connectivity index (χ1v) is 7.83. The number of hydrogen-bond donors (Lipinski definition) is 0. The van der Waals surface area contributed by atoms with Crippen molar-refractivity contribution >= 4 is 0 Å². The van der Waals surface area contributed by atoms with E-state index in [0.717, 1.165) is 41.8 Å². The van der Waals surface area contributed by atoms with Crippen molar-refractivity contribution in [1.29, 1.82) is 0 Å². The molecule has 0 N–H and O–H groups in total. The van der Waals surface area contributed by atoms with E-state index in [1.165, 1.54) is 0 Å². The first-order valence-electron chi connectivity index (χ1n) is 7.83. The van der Waals surface area contributed by atoms with Gasteiger partial charge >= 0.3 is 0 Å². The monoisotopic (exact) mass is 235 g/mol. The van der Waals surface area contributed by atoms with E-state index in [0.29, 0.717) is 0 Å². The molecule has 0 amide bonds. The van der Waals surface area contributed by atoms with Crippen LogP contribution in [0.15, 0.2) is 0 Å². The largest absolute Gasteiger partial charge is 0.295 e. The summed E-state index contributed by atoms with van der Waals surface area (Å²) in [5, 5.41) is 0. The third kappa shape index (κ3) is 1.95. The fraction of sp³-hybridized carbons (Fsp3) is 1.00. The van der Waals surface area contributed by atoms with E-state index in [2.05, 4.69) is 32.6 Å². The SMILES string of the molecule is CC(C)N(C(C)C)C1C2CC3CC(C2)CC1C3. The zero-order valence-electron chi connectivity index (χ0n) is 12.0. The molecule has 0 unspecified atom stereocenters. The van der Waals surface area contributed by atoms with Gasteiger partial charge in [0.15, 0.2) is 0 Å². The fourth-order valence-corrected chi connectivity index (χ4v) is 5.67. The van der Waals surface area contributed by atoms with Crippen LogP contribution in [0.25, 0.3) is 0 Å². The first-order chi connectivity index (χ1) is 8.06. The standard InChI is InChI=1S/C16H29N/c1-10(2)17(11(3)4)16-14-6-12-5-13(8-14)9-15(16)7-12/h10-16H,5-9H2,1-4H3. The summed E-state index contributed by atoms with van der Waals surface area (Å²) in [5.74, 6) is 4.29. The molecule has 0 aromatic carbocycles. The Morgan fingerprint density at radius 1 is 0.706 bits per heavy atom. The van der Waals surface area contributed by atoms with Crippen LogP contribution in [0.4, 0.5) is 0 Å². The molecule has 0 aromatic rings. The summed E-state index contributed by atoms with van der Waals surface area (Å²) in [5.41, 5.74) is 0. The second-order valence-electron chi connectivity index (χ2n) is 7.56. The van der Waals surface area contributed by atoms with Crippen LogP contribution in [0.1, 0.15) is 59.8 Å². The summed E-state index contributed by atoms with van der Waals surface area (Å²) in [6, 6.07) is 2.36. The minimum absolute atomic E-state index is 0.720. The van der Waals surface area contributed by atoms with Crippen molar-refractivity contribution in [3.05, 3.63) is 0 Å². The number of hydrogen-bond acceptors (Lipinski definition) is 1. The van der Waals surface area contributed by atoms with Gasteiger partial charge in [-0.25, -0.2) is 0 Å². The second-order valence-corrected chi connectivity index (χ2v) is 7.56. The minimum atomic E-state index is 0.720. The molecule has 4 aliphatic carbocycles. The molecule has 0 aromatic heterocycles. The van der Waals surface area contributed by atoms with Crippen molar-refractivity contribution in [2.75, 3.05) is 0 Å². The van der Waals surface area contributed by atoms with E-state index in [4.69, 9.17) is 0 Å². The lowest BCUT2D eigenvalue weighted by Gasteiger charge is -2.59. The summed E-state index contributed by atoms with van der Waals surface area (Å²) in [6.45, 7) is 9.58. The Balaban J connectivity index is 1.83. The van der Waals surface area contributed by atoms with Crippen molar-refractivity contribution < 1.29 is 0 Å². The average molecular weight is 235 g/mol. The Hall–Kier alpha value is -0.0400. The van der Waals surface area contributed by atoms with Gasteiger partial charge in [-0.05, 0) is 83.5 Å². The quantitative estimate of drug-likeness (QED) is 0.716. The summed E-state index contributed by atoms with van der Waals surface area (Å²) in [6.07, 6.45) is 7.77. The van der Waals surface area contributed by atoms with Crippen LogP contribution in [-0.4, -0.2) is 23.0 Å². The summed E-state index contributed by atoms with van der Waals surface area (Å²) < 4.78 is 0. The zero-order chi connectivity index (χ0) is 12.2. The third-order valence-electron chi connectivity index (χ3n) is 5.71. The van der Waals surface area contributed by atoms with E-state index < -0.39 is 0 Å². The Kier molecular flexibility index (Phi) is 3.01. The van der Waals surface area contributed by atoms with Gasteiger partial charge < -0.3 is 0 Å². The molecule has 0 heterocycles. The highest BCUT2D eigenvalue weighted by molar-refractivity contribution is 5.03. The lowest BCUT2D eigenvalue weighted by atomic mass is 9.53. The molecule has 98 valence electrons. The topological polar surface area (TPSA) is 3.24 Å². The maximum absolute atomic E-state index is 2.84. The highest BCUT2D eigenvalue weighted by Crippen LogP contribution is 2.55. The second kappa shape index (κ2) is 4.26. The highest BCUT2D eigenvalue weighted by Gasteiger charge is 2.50. The lowest BCUT2D eigenvalue weighted by Crippen LogP contribution is -2.59. The van der Waals surface area contributed by atoms with E-state index in [9.17, 15) is 0 Å². The Morgan fingerprint density at radius 3 is 1.47 bits per heavy atom. The molecule has 4 rings (SSSR count). The molecule has 4 saturated carbocycles. The molecular weight excluding hydrogens is 206 g/mol. The van der Waals surface area contributed by atoms with Crippen molar-refractivity contribution in [2.45, 2.75) is 77.9 Å². The van der Waals surface area contributed by atoms with Gasteiger partial charge in [0, 0.05) is 18.1 Å². The van der Waals surface area contributed by atoms with Gasteiger partial charge in [-0.3, -0.25) is 4.90 Å². The Bertz CT molecular complexity index is 245. The maximum Gasteiger partial charge on any atom is 0.0158 e. The van der Waals surface area contributed by atoms with Gasteiger partial charge in [0.2, 0.25) is 0 Å². The summed E-state index contributed by atoms with van der Waals surface area (Å²) >= 11 is 0. The summed E-state index contributed by atoms with van der Waals surface area (Å²) in [7, 11) is 0. The van der Waals surface area contributed by atoms with Crippen LogP contribution in [0.3, 0.4) is 0 Å². The summed E-state index contributed by atoms with van der Waals surface area (Å²) in [4.78, 5) is 2.84. The third-order valence-corrected chi connectivity index (χ3v) is 5.71. The van der Waals surface area contributed by atoms with Crippen molar-refractivity contribution in [1.82, 2.24) is 4.90 Å². The molecule has 1 nitrogen and oxygen atoms in total. The first kappa shape index (κ1) is 12.0. The number of nitrogens with zero attached hydrogens (tertiary/aromatic N) is 1. The van der Waals surface area contributed by atoms with Crippen LogP contribution < -0.4 is 0 Å². The maximum atomic E-state index is 2.84. The van der Waals surface area contributed by atoms with Crippen LogP contribution >= 0.6 is 0 Å². The van der Waals surface area contributed by atoms with Crippen molar-refractivity contribution in [3.63, 3.8) is 0 Å². The van der Waals surface area contributed by atoms with E-state index in [1.807, 2.05) is 0 Å². The van der Waals surface area contributed by atoms with Gasteiger partial charge in [-0.2, -0.15) is 0 Å². The molecule has 0 saturated heterocycles. The Labute approximate surface area is 107 Å². The highest BCUT2D eigenvalue weighted by atomic mass is 15.2. The predicted molar refractivity (Wildman–Crippen MR) is 72.9 cm³/mol. The molecule has 1 heteroatoms.